The number of likely N-dealkylation sites (tertiary alicyclic amines) is 1. The maximum Gasteiger partial charge on any atom is 0.411 e. The van der Waals surface area contributed by atoms with Gasteiger partial charge in [0.15, 0.2) is 0 Å². The molecule has 0 bridgehead atoms. The van der Waals surface area contributed by atoms with Gasteiger partial charge >= 0.3 is 6.09 Å². The highest BCUT2D eigenvalue weighted by molar-refractivity contribution is 9.10. The fraction of sp³-hybridized carbons (Fsp3) is 0.429. The molecule has 1 aromatic heterocycles. The molecule has 3 atom stereocenters. The van der Waals surface area contributed by atoms with Crippen molar-refractivity contribution in [3.8, 4) is 0 Å². The second-order valence-corrected chi connectivity index (χ2v) is 9.57. The smallest absolute Gasteiger partial charge is 0.411 e. The summed E-state index contributed by atoms with van der Waals surface area (Å²) < 4.78 is 6.72. The SMILES string of the molecule is CC(C)(C)OC(=O)N1C2CC2C[C@H]1c1nc2c(ccc3cc(Br)ccc32)[nH]1. The van der Waals surface area contributed by atoms with Crippen LogP contribution in [0.1, 0.15) is 45.5 Å². The summed E-state index contributed by atoms with van der Waals surface area (Å²) in [5.41, 5.74) is 1.47. The predicted molar refractivity (Wildman–Crippen MR) is 109 cm³/mol. The lowest BCUT2D eigenvalue weighted by molar-refractivity contribution is 0.0175. The van der Waals surface area contributed by atoms with Crippen LogP contribution in [-0.2, 0) is 4.74 Å². The minimum absolute atomic E-state index is 0.0403. The van der Waals surface area contributed by atoms with Gasteiger partial charge in [0.2, 0.25) is 0 Å². The van der Waals surface area contributed by atoms with E-state index in [1.165, 1.54) is 0 Å². The van der Waals surface area contributed by atoms with E-state index in [9.17, 15) is 4.79 Å². The number of H-pyrrole nitrogens is 1. The number of imidazole rings is 1. The highest BCUT2D eigenvalue weighted by Crippen LogP contribution is 2.53. The monoisotopic (exact) mass is 427 g/mol. The molecule has 2 aromatic carbocycles. The Bertz CT molecular complexity index is 1070. The van der Waals surface area contributed by atoms with Crippen molar-refractivity contribution in [2.45, 2.75) is 51.3 Å². The van der Waals surface area contributed by atoms with Crippen molar-refractivity contribution in [2.24, 2.45) is 5.92 Å². The van der Waals surface area contributed by atoms with Gasteiger partial charge < -0.3 is 9.72 Å². The molecule has 1 aliphatic heterocycles. The van der Waals surface area contributed by atoms with E-state index in [-0.39, 0.29) is 12.1 Å². The molecule has 5 rings (SSSR count). The molecule has 2 unspecified atom stereocenters. The van der Waals surface area contributed by atoms with Crippen LogP contribution in [-0.4, -0.2) is 32.6 Å². The number of fused-ring (bicyclic) bond motifs is 4. The number of ether oxygens (including phenoxy) is 1. The summed E-state index contributed by atoms with van der Waals surface area (Å²) in [5.74, 6) is 1.43. The Kier molecular flexibility index (Phi) is 3.60. The third kappa shape index (κ3) is 2.90. The average molecular weight is 428 g/mol. The minimum Gasteiger partial charge on any atom is -0.444 e. The van der Waals surface area contributed by atoms with Crippen molar-refractivity contribution >= 4 is 43.8 Å². The van der Waals surface area contributed by atoms with E-state index in [2.05, 4.69) is 45.2 Å². The Labute approximate surface area is 166 Å². The third-order valence-corrected chi connectivity index (χ3v) is 5.97. The number of halogens is 1. The Morgan fingerprint density at radius 1 is 1.26 bits per heavy atom. The largest absolute Gasteiger partial charge is 0.444 e. The van der Waals surface area contributed by atoms with Gasteiger partial charge in [0.05, 0.1) is 17.1 Å². The molecule has 140 valence electrons. The number of benzene rings is 2. The number of hydrogen-bond donors (Lipinski definition) is 1. The van der Waals surface area contributed by atoms with Crippen LogP contribution in [0.2, 0.25) is 0 Å². The number of hydrogen-bond acceptors (Lipinski definition) is 3. The number of amides is 1. The number of carbonyl (C=O) groups excluding carboxylic acids is 1. The number of piperidine rings is 1. The number of nitrogens with zero attached hydrogens (tertiary/aromatic N) is 2. The molecular formula is C21H22BrN3O2. The second-order valence-electron chi connectivity index (χ2n) is 8.65. The molecule has 0 spiro atoms. The van der Waals surface area contributed by atoms with Crippen LogP contribution in [0, 0.1) is 5.92 Å². The number of rotatable bonds is 1. The summed E-state index contributed by atoms with van der Waals surface area (Å²) in [6.07, 6.45) is 1.80. The quantitative estimate of drug-likeness (QED) is 0.553. The van der Waals surface area contributed by atoms with E-state index in [4.69, 9.17) is 9.72 Å². The zero-order chi connectivity index (χ0) is 18.9. The molecule has 1 saturated heterocycles. The molecule has 0 radical (unpaired) electrons. The van der Waals surface area contributed by atoms with Gasteiger partial charge in [0.1, 0.15) is 11.4 Å². The molecule has 3 aromatic rings. The van der Waals surface area contributed by atoms with Gasteiger partial charge in [-0.15, -0.1) is 0 Å². The van der Waals surface area contributed by atoms with Crippen molar-refractivity contribution in [3.63, 3.8) is 0 Å². The van der Waals surface area contributed by atoms with Crippen molar-refractivity contribution in [2.75, 3.05) is 0 Å². The normalized spacial score (nSPS) is 24.4. The Balaban J connectivity index is 1.54. The lowest BCUT2D eigenvalue weighted by atomic mass is 10.1. The molecule has 2 fully saturated rings. The number of nitrogens with one attached hydrogen (secondary N) is 1. The van der Waals surface area contributed by atoms with Crippen LogP contribution in [0.3, 0.4) is 0 Å². The maximum atomic E-state index is 12.8. The van der Waals surface area contributed by atoms with Crippen molar-refractivity contribution < 1.29 is 9.53 Å². The van der Waals surface area contributed by atoms with Crippen LogP contribution in [0.25, 0.3) is 21.8 Å². The van der Waals surface area contributed by atoms with E-state index in [0.29, 0.717) is 12.0 Å². The van der Waals surface area contributed by atoms with Crippen LogP contribution in [0.5, 0.6) is 0 Å². The number of carbonyl (C=O) groups is 1. The van der Waals surface area contributed by atoms with Crippen molar-refractivity contribution in [1.82, 2.24) is 14.9 Å². The number of aromatic amines is 1. The van der Waals surface area contributed by atoms with Gasteiger partial charge in [-0.1, -0.05) is 28.1 Å². The van der Waals surface area contributed by atoms with E-state index < -0.39 is 5.60 Å². The van der Waals surface area contributed by atoms with Gasteiger partial charge in [-0.2, -0.15) is 0 Å². The van der Waals surface area contributed by atoms with Crippen molar-refractivity contribution in [3.05, 3.63) is 40.6 Å². The summed E-state index contributed by atoms with van der Waals surface area (Å²) in [6, 6.07) is 10.6. The molecule has 1 saturated carbocycles. The summed E-state index contributed by atoms with van der Waals surface area (Å²) in [7, 11) is 0. The molecule has 2 aliphatic rings. The highest BCUT2D eigenvalue weighted by atomic mass is 79.9. The zero-order valence-electron chi connectivity index (χ0n) is 15.6. The molecular weight excluding hydrogens is 406 g/mol. The first-order valence-electron chi connectivity index (χ1n) is 9.39. The van der Waals surface area contributed by atoms with Gasteiger partial charge in [-0.3, -0.25) is 4.90 Å². The first-order chi connectivity index (χ1) is 12.8. The summed E-state index contributed by atoms with van der Waals surface area (Å²) in [5, 5.41) is 2.26. The minimum atomic E-state index is -0.494. The lowest BCUT2D eigenvalue weighted by Gasteiger charge is -2.29. The Morgan fingerprint density at radius 3 is 2.85 bits per heavy atom. The van der Waals surface area contributed by atoms with Crippen LogP contribution in [0.4, 0.5) is 4.79 Å². The molecule has 1 aliphatic carbocycles. The molecule has 27 heavy (non-hydrogen) atoms. The molecule has 1 amide bonds. The zero-order valence-corrected chi connectivity index (χ0v) is 17.2. The lowest BCUT2D eigenvalue weighted by Crippen LogP contribution is -2.38. The average Bonchev–Trinajstić information content (AvgIpc) is 3.03. The molecule has 5 nitrogen and oxygen atoms in total. The topological polar surface area (TPSA) is 58.2 Å². The van der Waals surface area contributed by atoms with E-state index in [0.717, 1.165) is 44.9 Å². The van der Waals surface area contributed by atoms with Gasteiger partial charge in [0.25, 0.3) is 0 Å². The van der Waals surface area contributed by atoms with Gasteiger partial charge in [0, 0.05) is 15.9 Å². The third-order valence-electron chi connectivity index (χ3n) is 5.47. The van der Waals surface area contributed by atoms with Crippen LogP contribution in [0.15, 0.2) is 34.8 Å². The second kappa shape index (κ2) is 5.71. The number of aromatic nitrogens is 2. The molecule has 6 heteroatoms. The summed E-state index contributed by atoms with van der Waals surface area (Å²) >= 11 is 3.53. The van der Waals surface area contributed by atoms with Crippen LogP contribution >= 0.6 is 15.9 Å². The van der Waals surface area contributed by atoms with E-state index in [1.54, 1.807) is 0 Å². The van der Waals surface area contributed by atoms with E-state index in [1.807, 2.05) is 31.7 Å². The molecule has 2 heterocycles. The maximum absolute atomic E-state index is 12.8. The first kappa shape index (κ1) is 17.0. The molecule has 1 N–H and O–H groups in total. The summed E-state index contributed by atoms with van der Waals surface area (Å²) in [4.78, 5) is 23.1. The predicted octanol–water partition coefficient (Wildman–Crippen LogP) is 5.55. The Morgan fingerprint density at radius 2 is 2.07 bits per heavy atom. The highest BCUT2D eigenvalue weighted by Gasteiger charge is 2.56. The first-order valence-corrected chi connectivity index (χ1v) is 10.2. The standard InChI is InChI=1S/C21H22BrN3O2/c1-21(2,3)27-20(26)25-16-9-12(16)10-17(25)19-23-15-7-4-11-8-13(22)5-6-14(11)18(15)24-19/h4-8,12,16-17H,9-10H2,1-3H3,(H,23,24)/t12?,16?,17-/m0/s1. The fourth-order valence-electron chi connectivity index (χ4n) is 4.23. The fourth-order valence-corrected chi connectivity index (χ4v) is 4.61. The van der Waals surface area contributed by atoms with Gasteiger partial charge in [-0.05, 0) is 63.1 Å². The van der Waals surface area contributed by atoms with E-state index >= 15 is 0 Å². The summed E-state index contributed by atoms with van der Waals surface area (Å²) in [6.45, 7) is 5.73. The van der Waals surface area contributed by atoms with Gasteiger partial charge in [-0.25, -0.2) is 9.78 Å². The van der Waals surface area contributed by atoms with Crippen molar-refractivity contribution in [1.29, 1.82) is 0 Å². The Hall–Kier alpha value is -2.08. The van der Waals surface area contributed by atoms with Crippen LogP contribution < -0.4 is 0 Å².